The molecule has 0 heterocycles. The lowest BCUT2D eigenvalue weighted by atomic mass is 9.90. The molecule has 0 aliphatic heterocycles. The molecule has 0 spiro atoms. The summed E-state index contributed by atoms with van der Waals surface area (Å²) in [5, 5.41) is 11.6. The summed E-state index contributed by atoms with van der Waals surface area (Å²) in [5.41, 5.74) is -1.06. The van der Waals surface area contributed by atoms with Gasteiger partial charge in [-0.15, -0.1) is 0 Å². The number of carbonyl (C=O) groups is 2. The van der Waals surface area contributed by atoms with Crippen LogP contribution in [0.4, 0.5) is 0 Å². The first kappa shape index (κ1) is 14.9. The van der Waals surface area contributed by atoms with E-state index in [1.54, 1.807) is 6.92 Å². The Labute approximate surface area is 97.4 Å². The number of nitrogens with one attached hydrogen (secondary N) is 1. The van der Waals surface area contributed by atoms with Crippen LogP contribution in [0.1, 0.15) is 53.9 Å². The van der Waals surface area contributed by atoms with Crippen LogP contribution in [-0.2, 0) is 9.59 Å². The van der Waals surface area contributed by atoms with E-state index >= 15 is 0 Å². The summed E-state index contributed by atoms with van der Waals surface area (Å²) in [5.74, 6) is -1.18. The Morgan fingerprint density at radius 3 is 2.00 bits per heavy atom. The van der Waals surface area contributed by atoms with Crippen molar-refractivity contribution >= 4 is 11.9 Å². The first-order valence-electron chi connectivity index (χ1n) is 5.65. The molecule has 2 N–H and O–H groups in total. The Balaban J connectivity index is 4.28. The van der Waals surface area contributed by atoms with E-state index < -0.39 is 11.5 Å². The van der Waals surface area contributed by atoms with E-state index in [0.29, 0.717) is 12.8 Å². The quantitative estimate of drug-likeness (QED) is 0.759. The molecule has 0 radical (unpaired) electrons. The van der Waals surface area contributed by atoms with Crippen LogP contribution < -0.4 is 5.32 Å². The average molecular weight is 229 g/mol. The smallest absolute Gasteiger partial charge is 0.329 e. The lowest BCUT2D eigenvalue weighted by Crippen LogP contribution is -2.51. The van der Waals surface area contributed by atoms with Crippen LogP contribution in [0.2, 0.25) is 0 Å². The highest BCUT2D eigenvalue weighted by atomic mass is 16.4. The van der Waals surface area contributed by atoms with Crippen molar-refractivity contribution in [3.05, 3.63) is 0 Å². The van der Waals surface area contributed by atoms with Crippen LogP contribution in [-0.4, -0.2) is 22.5 Å². The van der Waals surface area contributed by atoms with Gasteiger partial charge in [-0.3, -0.25) is 4.79 Å². The van der Waals surface area contributed by atoms with Crippen molar-refractivity contribution in [3.8, 4) is 0 Å². The van der Waals surface area contributed by atoms with E-state index in [1.807, 2.05) is 0 Å². The molecular weight excluding hydrogens is 206 g/mol. The summed E-state index contributed by atoms with van der Waals surface area (Å²) in [4.78, 5) is 22.6. The van der Waals surface area contributed by atoms with E-state index in [1.165, 1.54) is 6.92 Å². The molecule has 0 rings (SSSR count). The Morgan fingerprint density at radius 1 is 1.19 bits per heavy atom. The molecular formula is C12H23NO3. The standard InChI is InChI=1S/C12H23NO3/c1-6-12(5,10(15)16)13-9(14)7-8-11(2,3)4/h6-8H2,1-5H3,(H,13,14)(H,15,16)/t12-/m1/s1. The molecule has 94 valence electrons. The van der Waals surface area contributed by atoms with E-state index in [4.69, 9.17) is 5.11 Å². The van der Waals surface area contributed by atoms with Crippen molar-refractivity contribution in [3.63, 3.8) is 0 Å². The molecule has 0 aromatic carbocycles. The van der Waals surface area contributed by atoms with Gasteiger partial charge >= 0.3 is 5.97 Å². The highest BCUT2D eigenvalue weighted by Crippen LogP contribution is 2.20. The van der Waals surface area contributed by atoms with E-state index in [0.717, 1.165) is 6.42 Å². The predicted octanol–water partition coefficient (Wildman–Crippen LogP) is 2.18. The molecule has 0 saturated heterocycles. The Kier molecular flexibility index (Phi) is 4.97. The summed E-state index contributed by atoms with van der Waals surface area (Å²) in [6.07, 6.45) is 1.49. The summed E-state index contributed by atoms with van der Waals surface area (Å²) in [6, 6.07) is 0. The zero-order valence-electron chi connectivity index (χ0n) is 10.9. The minimum atomic E-state index is -1.14. The maximum absolute atomic E-state index is 11.6. The molecule has 0 aliphatic carbocycles. The topological polar surface area (TPSA) is 66.4 Å². The molecule has 1 atom stereocenters. The lowest BCUT2D eigenvalue weighted by molar-refractivity contribution is -0.147. The molecule has 0 fully saturated rings. The van der Waals surface area contributed by atoms with Gasteiger partial charge in [-0.2, -0.15) is 0 Å². The van der Waals surface area contributed by atoms with Gasteiger partial charge in [0.05, 0.1) is 0 Å². The van der Waals surface area contributed by atoms with Crippen molar-refractivity contribution in [2.75, 3.05) is 0 Å². The molecule has 0 aromatic heterocycles. The van der Waals surface area contributed by atoms with Gasteiger partial charge in [0.1, 0.15) is 5.54 Å². The zero-order chi connectivity index (χ0) is 13.0. The first-order chi connectivity index (χ1) is 7.10. The van der Waals surface area contributed by atoms with Crippen LogP contribution in [0.15, 0.2) is 0 Å². The zero-order valence-corrected chi connectivity index (χ0v) is 10.9. The SMILES string of the molecule is CC[C@@](C)(NC(=O)CCC(C)(C)C)C(=O)O. The van der Waals surface area contributed by atoms with Crippen LogP contribution in [0, 0.1) is 5.41 Å². The van der Waals surface area contributed by atoms with Crippen LogP contribution in [0.5, 0.6) is 0 Å². The van der Waals surface area contributed by atoms with Crippen LogP contribution in [0.3, 0.4) is 0 Å². The molecule has 0 unspecified atom stereocenters. The minimum absolute atomic E-state index is 0.0865. The van der Waals surface area contributed by atoms with Gasteiger partial charge in [0.15, 0.2) is 0 Å². The van der Waals surface area contributed by atoms with Crippen molar-refractivity contribution in [1.29, 1.82) is 0 Å². The second-order valence-electron chi connectivity index (χ2n) is 5.60. The van der Waals surface area contributed by atoms with Crippen LogP contribution >= 0.6 is 0 Å². The fourth-order valence-electron chi connectivity index (χ4n) is 1.15. The number of carboxylic acid groups (broad SMARTS) is 1. The van der Waals surface area contributed by atoms with Gasteiger partial charge in [0.2, 0.25) is 5.91 Å². The number of carboxylic acids is 1. The maximum atomic E-state index is 11.6. The molecule has 4 heteroatoms. The predicted molar refractivity (Wildman–Crippen MR) is 63.2 cm³/mol. The van der Waals surface area contributed by atoms with Crippen LogP contribution in [0.25, 0.3) is 0 Å². The number of hydrogen-bond donors (Lipinski definition) is 2. The number of carbonyl (C=O) groups excluding carboxylic acids is 1. The van der Waals surface area contributed by atoms with E-state index in [9.17, 15) is 9.59 Å². The second kappa shape index (κ2) is 5.32. The Bertz CT molecular complexity index is 268. The largest absolute Gasteiger partial charge is 0.480 e. The molecule has 4 nitrogen and oxygen atoms in total. The van der Waals surface area contributed by atoms with Crippen molar-refractivity contribution in [2.24, 2.45) is 5.41 Å². The number of amides is 1. The summed E-state index contributed by atoms with van der Waals surface area (Å²) in [6.45, 7) is 9.44. The third kappa shape index (κ3) is 5.14. The molecule has 0 saturated carbocycles. The summed E-state index contributed by atoms with van der Waals surface area (Å²) in [7, 11) is 0. The molecule has 0 aromatic rings. The first-order valence-corrected chi connectivity index (χ1v) is 5.65. The van der Waals surface area contributed by atoms with Crippen molar-refractivity contribution < 1.29 is 14.7 Å². The molecule has 16 heavy (non-hydrogen) atoms. The monoisotopic (exact) mass is 229 g/mol. The average Bonchev–Trinajstić information content (AvgIpc) is 2.13. The second-order valence-corrected chi connectivity index (χ2v) is 5.60. The van der Waals surface area contributed by atoms with Gasteiger partial charge in [-0.25, -0.2) is 4.79 Å². The lowest BCUT2D eigenvalue weighted by Gasteiger charge is -2.25. The van der Waals surface area contributed by atoms with Gasteiger partial charge in [0.25, 0.3) is 0 Å². The maximum Gasteiger partial charge on any atom is 0.329 e. The molecule has 0 aliphatic rings. The third-order valence-electron chi connectivity index (χ3n) is 2.70. The summed E-state index contributed by atoms with van der Waals surface area (Å²) >= 11 is 0. The molecule has 1 amide bonds. The van der Waals surface area contributed by atoms with Gasteiger partial charge < -0.3 is 10.4 Å². The minimum Gasteiger partial charge on any atom is -0.480 e. The number of aliphatic carboxylic acids is 1. The number of hydrogen-bond acceptors (Lipinski definition) is 2. The fourth-order valence-corrected chi connectivity index (χ4v) is 1.15. The van der Waals surface area contributed by atoms with E-state index in [2.05, 4.69) is 26.1 Å². The normalized spacial score (nSPS) is 15.3. The molecule has 0 bridgehead atoms. The van der Waals surface area contributed by atoms with Gasteiger partial charge in [0, 0.05) is 6.42 Å². The Morgan fingerprint density at radius 2 is 1.69 bits per heavy atom. The van der Waals surface area contributed by atoms with Crippen molar-refractivity contribution in [2.45, 2.75) is 59.4 Å². The number of rotatable bonds is 5. The summed E-state index contributed by atoms with van der Waals surface area (Å²) < 4.78 is 0. The Hall–Kier alpha value is -1.06. The highest BCUT2D eigenvalue weighted by molar-refractivity contribution is 5.86. The van der Waals surface area contributed by atoms with Gasteiger partial charge in [-0.05, 0) is 25.2 Å². The van der Waals surface area contributed by atoms with E-state index in [-0.39, 0.29) is 11.3 Å². The highest BCUT2D eigenvalue weighted by Gasteiger charge is 2.32. The fraction of sp³-hybridized carbons (Fsp3) is 0.833. The van der Waals surface area contributed by atoms with Gasteiger partial charge in [-0.1, -0.05) is 27.7 Å². The van der Waals surface area contributed by atoms with Crippen molar-refractivity contribution in [1.82, 2.24) is 5.32 Å². The third-order valence-corrected chi connectivity index (χ3v) is 2.70.